The predicted octanol–water partition coefficient (Wildman–Crippen LogP) is 3.91. The smallest absolute Gasteiger partial charge is 0.0205 e. The quantitative estimate of drug-likeness (QED) is 0.663. The minimum Gasteiger partial charge on any atom is -0.148 e. The standard InChI is InChI=1S/C12H14S/c1-12(2,10-6-3-4-7-10)11-8-5-9-13-11/h3-6,8-9H,7H2,1-2H3. The molecule has 0 aromatic carbocycles. The van der Waals surface area contributed by atoms with E-state index in [2.05, 4.69) is 49.6 Å². The highest BCUT2D eigenvalue weighted by Gasteiger charge is 2.26. The van der Waals surface area contributed by atoms with E-state index in [9.17, 15) is 0 Å². The van der Waals surface area contributed by atoms with E-state index in [4.69, 9.17) is 0 Å². The van der Waals surface area contributed by atoms with Gasteiger partial charge in [-0.1, -0.05) is 43.7 Å². The first kappa shape index (κ1) is 8.76. The van der Waals surface area contributed by atoms with Gasteiger partial charge in [-0.05, 0) is 17.9 Å². The zero-order valence-electron chi connectivity index (χ0n) is 8.08. The fourth-order valence-electron chi connectivity index (χ4n) is 1.70. The van der Waals surface area contributed by atoms with Crippen LogP contribution in [0.3, 0.4) is 0 Å². The van der Waals surface area contributed by atoms with E-state index in [1.807, 2.05) is 11.3 Å². The van der Waals surface area contributed by atoms with Crippen LogP contribution >= 0.6 is 11.3 Å². The second-order valence-electron chi connectivity index (χ2n) is 3.93. The summed E-state index contributed by atoms with van der Waals surface area (Å²) < 4.78 is 0. The van der Waals surface area contributed by atoms with Gasteiger partial charge in [-0.15, -0.1) is 11.3 Å². The molecule has 0 spiro atoms. The summed E-state index contributed by atoms with van der Waals surface area (Å²) in [6.45, 7) is 4.61. The van der Waals surface area contributed by atoms with E-state index in [-0.39, 0.29) is 5.41 Å². The maximum atomic E-state index is 2.30. The zero-order chi connectivity index (χ0) is 9.31. The van der Waals surface area contributed by atoms with Crippen LogP contribution in [0.1, 0.15) is 25.1 Å². The van der Waals surface area contributed by atoms with Gasteiger partial charge in [-0.25, -0.2) is 0 Å². The summed E-state index contributed by atoms with van der Waals surface area (Å²) in [5.74, 6) is 0. The normalized spacial score (nSPS) is 16.3. The number of hydrogen-bond donors (Lipinski definition) is 0. The Kier molecular flexibility index (Phi) is 2.12. The lowest BCUT2D eigenvalue weighted by Crippen LogP contribution is -2.17. The fraction of sp³-hybridized carbons (Fsp3) is 0.333. The molecular weight excluding hydrogens is 176 g/mol. The van der Waals surface area contributed by atoms with Crippen molar-refractivity contribution in [3.8, 4) is 0 Å². The van der Waals surface area contributed by atoms with Crippen molar-refractivity contribution in [1.29, 1.82) is 0 Å². The maximum Gasteiger partial charge on any atom is 0.0205 e. The molecule has 0 aliphatic heterocycles. The van der Waals surface area contributed by atoms with Crippen LogP contribution in [0.4, 0.5) is 0 Å². The molecule has 2 rings (SSSR count). The molecular formula is C12H14S. The van der Waals surface area contributed by atoms with Crippen molar-refractivity contribution in [2.24, 2.45) is 0 Å². The molecule has 0 radical (unpaired) electrons. The summed E-state index contributed by atoms with van der Waals surface area (Å²) in [4.78, 5) is 1.46. The highest BCUT2D eigenvalue weighted by Crippen LogP contribution is 2.37. The van der Waals surface area contributed by atoms with Gasteiger partial charge in [0.1, 0.15) is 0 Å². The van der Waals surface area contributed by atoms with Crippen LogP contribution in [-0.2, 0) is 5.41 Å². The second-order valence-corrected chi connectivity index (χ2v) is 4.87. The topological polar surface area (TPSA) is 0 Å². The van der Waals surface area contributed by atoms with Crippen LogP contribution in [-0.4, -0.2) is 0 Å². The Morgan fingerprint density at radius 3 is 2.77 bits per heavy atom. The van der Waals surface area contributed by atoms with Crippen molar-refractivity contribution in [3.05, 3.63) is 46.2 Å². The van der Waals surface area contributed by atoms with Crippen molar-refractivity contribution in [1.82, 2.24) is 0 Å². The molecule has 1 aromatic rings. The Morgan fingerprint density at radius 2 is 2.23 bits per heavy atom. The summed E-state index contributed by atoms with van der Waals surface area (Å²) in [7, 11) is 0. The molecule has 0 N–H and O–H groups in total. The first-order valence-corrected chi connectivity index (χ1v) is 5.49. The van der Waals surface area contributed by atoms with Gasteiger partial charge < -0.3 is 0 Å². The zero-order valence-corrected chi connectivity index (χ0v) is 8.90. The highest BCUT2D eigenvalue weighted by molar-refractivity contribution is 7.10. The first-order valence-electron chi connectivity index (χ1n) is 4.61. The molecule has 0 amide bonds. The highest BCUT2D eigenvalue weighted by atomic mass is 32.1. The molecule has 0 saturated heterocycles. The lowest BCUT2D eigenvalue weighted by molar-refractivity contribution is 0.627. The van der Waals surface area contributed by atoms with Crippen molar-refractivity contribution < 1.29 is 0 Å². The summed E-state index contributed by atoms with van der Waals surface area (Å²) in [6.07, 6.45) is 7.75. The molecule has 1 aromatic heterocycles. The monoisotopic (exact) mass is 190 g/mol. The van der Waals surface area contributed by atoms with E-state index < -0.39 is 0 Å². The predicted molar refractivity (Wildman–Crippen MR) is 59.2 cm³/mol. The van der Waals surface area contributed by atoms with Gasteiger partial charge in [-0.2, -0.15) is 0 Å². The van der Waals surface area contributed by atoms with E-state index in [1.54, 1.807) is 0 Å². The summed E-state index contributed by atoms with van der Waals surface area (Å²) in [5.41, 5.74) is 1.74. The van der Waals surface area contributed by atoms with Gasteiger partial charge in [0.25, 0.3) is 0 Å². The molecule has 0 fully saturated rings. The first-order chi connectivity index (χ1) is 6.21. The van der Waals surface area contributed by atoms with Crippen LogP contribution in [0.15, 0.2) is 41.3 Å². The van der Waals surface area contributed by atoms with Crippen molar-refractivity contribution in [2.45, 2.75) is 25.7 Å². The maximum absolute atomic E-state index is 2.30. The Morgan fingerprint density at radius 1 is 1.38 bits per heavy atom. The van der Waals surface area contributed by atoms with Gasteiger partial charge in [0, 0.05) is 10.3 Å². The van der Waals surface area contributed by atoms with Crippen LogP contribution in [0, 0.1) is 0 Å². The molecule has 0 nitrogen and oxygen atoms in total. The second kappa shape index (κ2) is 3.15. The van der Waals surface area contributed by atoms with Crippen LogP contribution in [0.2, 0.25) is 0 Å². The molecule has 1 heterocycles. The molecule has 1 aliphatic carbocycles. The molecule has 0 unspecified atom stereocenters. The minimum atomic E-state index is 0.220. The summed E-state index contributed by atoms with van der Waals surface area (Å²) in [6, 6.07) is 4.36. The third-order valence-corrected chi connectivity index (χ3v) is 3.90. The minimum absolute atomic E-state index is 0.220. The lowest BCUT2D eigenvalue weighted by atomic mass is 9.82. The SMILES string of the molecule is CC(C)(C1=CC=CC1)c1cccs1. The third kappa shape index (κ3) is 1.49. The van der Waals surface area contributed by atoms with Gasteiger partial charge in [0.15, 0.2) is 0 Å². The van der Waals surface area contributed by atoms with Crippen LogP contribution in [0.25, 0.3) is 0 Å². The lowest BCUT2D eigenvalue weighted by Gasteiger charge is -2.25. The molecule has 1 heteroatoms. The average Bonchev–Trinajstić information content (AvgIpc) is 2.78. The molecule has 13 heavy (non-hydrogen) atoms. The van der Waals surface area contributed by atoms with E-state index in [0.717, 1.165) is 6.42 Å². The van der Waals surface area contributed by atoms with Crippen LogP contribution < -0.4 is 0 Å². The fourth-order valence-corrected chi connectivity index (χ4v) is 2.59. The van der Waals surface area contributed by atoms with E-state index in [1.165, 1.54) is 10.5 Å². The van der Waals surface area contributed by atoms with E-state index in [0.29, 0.717) is 0 Å². The third-order valence-electron chi connectivity index (χ3n) is 2.71. The van der Waals surface area contributed by atoms with Gasteiger partial charge in [0.2, 0.25) is 0 Å². The van der Waals surface area contributed by atoms with Crippen LogP contribution in [0.5, 0.6) is 0 Å². The van der Waals surface area contributed by atoms with Gasteiger partial charge >= 0.3 is 0 Å². The number of rotatable bonds is 2. The number of thiophene rings is 1. The Labute approximate surface area is 83.6 Å². The van der Waals surface area contributed by atoms with Gasteiger partial charge in [-0.3, -0.25) is 0 Å². The van der Waals surface area contributed by atoms with E-state index >= 15 is 0 Å². The average molecular weight is 190 g/mol. The molecule has 0 saturated carbocycles. The largest absolute Gasteiger partial charge is 0.148 e. The van der Waals surface area contributed by atoms with Gasteiger partial charge in [0.05, 0.1) is 0 Å². The Hall–Kier alpha value is -0.820. The summed E-state index contributed by atoms with van der Waals surface area (Å²) in [5, 5.41) is 2.15. The van der Waals surface area contributed by atoms with Crippen molar-refractivity contribution in [2.75, 3.05) is 0 Å². The van der Waals surface area contributed by atoms with Crippen molar-refractivity contribution >= 4 is 11.3 Å². The number of allylic oxidation sites excluding steroid dienone is 4. The molecule has 0 atom stereocenters. The van der Waals surface area contributed by atoms with Crippen molar-refractivity contribution in [3.63, 3.8) is 0 Å². The molecule has 68 valence electrons. The Balaban J connectivity index is 2.31. The molecule has 1 aliphatic rings. The molecule has 0 bridgehead atoms. The number of hydrogen-bond acceptors (Lipinski definition) is 1. The Bertz CT molecular complexity index is 339. The summed E-state index contributed by atoms with van der Waals surface area (Å²) >= 11 is 1.85.